The molecule has 100 valence electrons. The first-order valence-corrected chi connectivity index (χ1v) is 6.46. The van der Waals surface area contributed by atoms with Gasteiger partial charge in [0, 0.05) is 22.5 Å². The van der Waals surface area contributed by atoms with E-state index in [9.17, 15) is 9.32 Å². The molecule has 0 saturated carbocycles. The summed E-state index contributed by atoms with van der Waals surface area (Å²) in [4.78, 5) is 19.8. The third-order valence-electron chi connectivity index (χ3n) is 2.67. The van der Waals surface area contributed by atoms with Crippen molar-refractivity contribution in [1.29, 1.82) is 0 Å². The molecule has 0 bridgehead atoms. The van der Waals surface area contributed by atoms with E-state index >= 15 is 0 Å². The molecule has 0 unspecified atom stereocenters. The first-order valence-electron chi connectivity index (χ1n) is 5.29. The van der Waals surface area contributed by atoms with Crippen molar-refractivity contribution in [1.82, 2.24) is 9.55 Å². The first-order chi connectivity index (χ1) is 8.95. The molecule has 0 aliphatic rings. The fourth-order valence-corrected chi connectivity index (χ4v) is 2.25. The molecule has 0 atom stereocenters. The van der Waals surface area contributed by atoms with Gasteiger partial charge in [-0.05, 0) is 41.4 Å². The second kappa shape index (κ2) is 5.30. The van der Waals surface area contributed by atoms with Gasteiger partial charge in [-0.15, -0.1) is 0 Å². The number of aromatic nitrogens is 2. The van der Waals surface area contributed by atoms with Crippen LogP contribution in [-0.4, -0.2) is 9.55 Å². The van der Waals surface area contributed by atoms with Gasteiger partial charge in [0.05, 0.1) is 5.69 Å². The van der Waals surface area contributed by atoms with E-state index < -0.39 is 5.56 Å². The molecule has 0 fully saturated rings. The maximum Gasteiger partial charge on any atom is 0.278 e. The third kappa shape index (κ3) is 2.50. The molecule has 2 heterocycles. The van der Waals surface area contributed by atoms with Crippen molar-refractivity contribution in [2.24, 2.45) is 0 Å². The second-order valence-corrected chi connectivity index (χ2v) is 5.17. The van der Waals surface area contributed by atoms with Crippen LogP contribution in [0.2, 0.25) is 5.02 Å². The molecule has 2 aromatic heterocycles. The number of hydrogen-bond donors (Lipinski definition) is 0. The standard InChI is InChI=1S/C12H9BrClFN2O2/c1-6-5-16-10(13)4-8(6)17-7(2)3-9(19-15)11(14)12(17)18/h3-5H,1-2H3. The Morgan fingerprint density at radius 1 is 1.42 bits per heavy atom. The molecular formula is C12H9BrClFN2O2. The summed E-state index contributed by atoms with van der Waals surface area (Å²) < 4.78 is 14.2. The lowest BCUT2D eigenvalue weighted by Crippen LogP contribution is -2.22. The Bertz CT molecular complexity index is 703. The van der Waals surface area contributed by atoms with Gasteiger partial charge in [-0.3, -0.25) is 14.3 Å². The van der Waals surface area contributed by atoms with Crippen molar-refractivity contribution in [2.45, 2.75) is 13.8 Å². The topological polar surface area (TPSA) is 44.1 Å². The van der Waals surface area contributed by atoms with Crippen LogP contribution in [-0.2, 0) is 0 Å². The van der Waals surface area contributed by atoms with Gasteiger partial charge in [-0.1, -0.05) is 11.6 Å². The summed E-state index contributed by atoms with van der Waals surface area (Å²) in [5, 5.41) is -0.305. The molecule has 0 amide bonds. The molecule has 0 spiro atoms. The summed E-state index contributed by atoms with van der Waals surface area (Å²) in [7, 11) is 0. The summed E-state index contributed by atoms with van der Waals surface area (Å²) in [6.07, 6.45) is 1.62. The summed E-state index contributed by atoms with van der Waals surface area (Å²) >= 11 is 9.03. The Morgan fingerprint density at radius 2 is 2.11 bits per heavy atom. The quantitative estimate of drug-likeness (QED) is 0.781. The number of nitrogens with zero attached hydrogens (tertiary/aromatic N) is 2. The van der Waals surface area contributed by atoms with Crippen LogP contribution in [0.1, 0.15) is 11.3 Å². The molecule has 0 aliphatic heterocycles. The van der Waals surface area contributed by atoms with Crippen molar-refractivity contribution in [3.05, 3.63) is 49.6 Å². The zero-order valence-electron chi connectivity index (χ0n) is 10.1. The zero-order valence-corrected chi connectivity index (χ0v) is 12.4. The van der Waals surface area contributed by atoms with Crippen LogP contribution in [0.4, 0.5) is 4.53 Å². The van der Waals surface area contributed by atoms with Gasteiger partial charge >= 0.3 is 0 Å². The number of pyridine rings is 2. The highest BCUT2D eigenvalue weighted by Gasteiger charge is 2.16. The van der Waals surface area contributed by atoms with Gasteiger partial charge in [0.15, 0.2) is 10.8 Å². The van der Waals surface area contributed by atoms with Crippen LogP contribution in [0, 0.1) is 13.8 Å². The van der Waals surface area contributed by atoms with E-state index in [-0.39, 0.29) is 10.8 Å². The Hall–Kier alpha value is -1.40. The van der Waals surface area contributed by atoms with Gasteiger partial charge in [-0.25, -0.2) is 4.98 Å². The molecule has 0 aromatic carbocycles. The minimum Gasteiger partial charge on any atom is -0.293 e. The van der Waals surface area contributed by atoms with E-state index in [0.29, 0.717) is 16.0 Å². The van der Waals surface area contributed by atoms with Crippen LogP contribution in [0.5, 0.6) is 5.75 Å². The van der Waals surface area contributed by atoms with E-state index in [1.54, 1.807) is 19.2 Å². The van der Waals surface area contributed by atoms with Crippen LogP contribution >= 0.6 is 27.5 Å². The molecule has 0 N–H and O–H groups in total. The average molecular weight is 348 g/mol. The number of hydrogen-bond acceptors (Lipinski definition) is 3. The highest BCUT2D eigenvalue weighted by atomic mass is 79.9. The Labute approximate surface area is 121 Å². The van der Waals surface area contributed by atoms with E-state index in [1.165, 1.54) is 10.6 Å². The fourth-order valence-electron chi connectivity index (χ4n) is 1.77. The number of aryl methyl sites for hydroxylation is 2. The molecule has 0 saturated heterocycles. The number of halogens is 3. The predicted octanol–water partition coefficient (Wildman–Crippen LogP) is 3.53. The van der Waals surface area contributed by atoms with E-state index in [1.807, 2.05) is 6.92 Å². The minimum atomic E-state index is -0.546. The Balaban J connectivity index is 2.80. The van der Waals surface area contributed by atoms with E-state index in [2.05, 4.69) is 25.9 Å². The van der Waals surface area contributed by atoms with Gasteiger partial charge in [0.1, 0.15) is 4.60 Å². The summed E-state index contributed by atoms with van der Waals surface area (Å²) in [5.74, 6) is -0.286. The molecule has 0 aliphatic carbocycles. The highest BCUT2D eigenvalue weighted by Crippen LogP contribution is 2.25. The minimum absolute atomic E-state index is 0.286. The monoisotopic (exact) mass is 346 g/mol. The third-order valence-corrected chi connectivity index (χ3v) is 3.45. The summed E-state index contributed by atoms with van der Waals surface area (Å²) in [6.45, 7) is 3.47. The fraction of sp³-hybridized carbons (Fsp3) is 0.167. The SMILES string of the molecule is Cc1cnc(Br)cc1-n1c(C)cc(OF)c(Cl)c1=O. The Kier molecular flexibility index (Phi) is 3.91. The second-order valence-electron chi connectivity index (χ2n) is 3.98. The predicted molar refractivity (Wildman–Crippen MR) is 73.8 cm³/mol. The maximum absolute atomic E-state index is 12.3. The van der Waals surface area contributed by atoms with Gasteiger partial charge < -0.3 is 0 Å². The van der Waals surface area contributed by atoms with Crippen molar-refractivity contribution < 1.29 is 9.47 Å². The average Bonchev–Trinajstić information content (AvgIpc) is 2.38. The van der Waals surface area contributed by atoms with Crippen LogP contribution < -0.4 is 10.5 Å². The van der Waals surface area contributed by atoms with Gasteiger partial charge in [0.25, 0.3) is 5.56 Å². The summed E-state index contributed by atoms with van der Waals surface area (Å²) in [5.41, 5.74) is 1.37. The van der Waals surface area contributed by atoms with Crippen molar-refractivity contribution in [3.8, 4) is 11.4 Å². The molecular weight excluding hydrogens is 338 g/mol. The lowest BCUT2D eigenvalue weighted by atomic mass is 10.2. The first kappa shape index (κ1) is 14.0. The van der Waals surface area contributed by atoms with Gasteiger partial charge in [-0.2, -0.15) is 0 Å². The normalized spacial score (nSPS) is 10.6. The van der Waals surface area contributed by atoms with E-state index in [0.717, 1.165) is 5.56 Å². The van der Waals surface area contributed by atoms with Crippen molar-refractivity contribution in [3.63, 3.8) is 0 Å². The zero-order chi connectivity index (χ0) is 14.2. The van der Waals surface area contributed by atoms with Crippen LogP contribution in [0.3, 0.4) is 0 Å². The lowest BCUT2D eigenvalue weighted by molar-refractivity contribution is -0.00642. The van der Waals surface area contributed by atoms with Crippen LogP contribution in [0.25, 0.3) is 5.69 Å². The van der Waals surface area contributed by atoms with E-state index in [4.69, 9.17) is 11.6 Å². The molecule has 19 heavy (non-hydrogen) atoms. The molecule has 7 heteroatoms. The molecule has 2 rings (SSSR count). The van der Waals surface area contributed by atoms with Crippen molar-refractivity contribution >= 4 is 27.5 Å². The molecule has 4 nitrogen and oxygen atoms in total. The molecule has 0 radical (unpaired) electrons. The summed E-state index contributed by atoms with van der Waals surface area (Å²) in [6, 6.07) is 3.05. The smallest absolute Gasteiger partial charge is 0.278 e. The largest absolute Gasteiger partial charge is 0.293 e. The highest BCUT2D eigenvalue weighted by molar-refractivity contribution is 9.10. The maximum atomic E-state index is 12.3. The number of rotatable bonds is 2. The molecule has 2 aromatic rings. The lowest BCUT2D eigenvalue weighted by Gasteiger charge is -2.14. The van der Waals surface area contributed by atoms with Crippen molar-refractivity contribution in [2.75, 3.05) is 0 Å². The Morgan fingerprint density at radius 3 is 2.74 bits per heavy atom. The van der Waals surface area contributed by atoms with Crippen LogP contribution in [0.15, 0.2) is 27.7 Å². The van der Waals surface area contributed by atoms with Gasteiger partial charge in [0.2, 0.25) is 0 Å².